The van der Waals surface area contributed by atoms with Crippen LogP contribution in [0.4, 0.5) is 0 Å². The Labute approximate surface area is 130 Å². The molecule has 108 valence electrons. The summed E-state index contributed by atoms with van der Waals surface area (Å²) in [4.78, 5) is 8.70. The number of nitrogens with zero attached hydrogens (tertiary/aromatic N) is 4. The van der Waals surface area contributed by atoms with E-state index < -0.39 is 5.41 Å². The van der Waals surface area contributed by atoms with E-state index >= 15 is 0 Å². The average Bonchev–Trinajstić information content (AvgIpc) is 3.17. The molecule has 0 N–H and O–H groups in total. The van der Waals surface area contributed by atoms with E-state index in [9.17, 15) is 5.26 Å². The quantitative estimate of drug-likeness (QED) is 0.791. The number of hydrogen-bond donors (Lipinski definition) is 0. The lowest BCUT2D eigenvalue weighted by Gasteiger charge is -2.13. The molecule has 0 bridgehead atoms. The number of nitriles is 1. The third-order valence-corrected chi connectivity index (χ3v) is 4.34. The molecule has 6 nitrogen and oxygen atoms in total. The number of aromatic nitrogens is 3. The van der Waals surface area contributed by atoms with Crippen LogP contribution < -0.4 is 4.74 Å². The summed E-state index contributed by atoms with van der Waals surface area (Å²) in [7, 11) is 1.57. The predicted molar refractivity (Wildman–Crippen MR) is 77.5 cm³/mol. The van der Waals surface area contributed by atoms with Crippen LogP contribution in [0, 0.1) is 11.3 Å². The van der Waals surface area contributed by atoms with Gasteiger partial charge in [-0.2, -0.15) is 10.2 Å². The van der Waals surface area contributed by atoms with Gasteiger partial charge in [0.15, 0.2) is 5.75 Å². The van der Waals surface area contributed by atoms with Crippen LogP contribution in [-0.4, -0.2) is 22.2 Å². The predicted octanol–water partition coefficient (Wildman–Crippen LogP) is 3.24. The summed E-state index contributed by atoms with van der Waals surface area (Å²) in [5, 5.41) is 13.4. The Morgan fingerprint density at radius 2 is 2.10 bits per heavy atom. The van der Waals surface area contributed by atoms with Crippen LogP contribution in [-0.2, 0) is 5.41 Å². The highest BCUT2D eigenvalue weighted by Crippen LogP contribution is 2.40. The standard InChI is InChI=1S/C14H13BrN4O2/c1-20-10-5-4-9(17-11(10)15)12-18-13(21-19-12)14(8-16)6-2-3-7-14/h4-5H,2-3,6-7H2,1H3. The molecular weight excluding hydrogens is 336 g/mol. The van der Waals surface area contributed by atoms with Crippen LogP contribution in [0.1, 0.15) is 31.6 Å². The number of rotatable bonds is 3. The molecule has 2 aromatic heterocycles. The van der Waals surface area contributed by atoms with Gasteiger partial charge in [0, 0.05) is 0 Å². The monoisotopic (exact) mass is 348 g/mol. The van der Waals surface area contributed by atoms with Crippen molar-refractivity contribution in [3.05, 3.63) is 22.6 Å². The fourth-order valence-electron chi connectivity index (χ4n) is 2.57. The van der Waals surface area contributed by atoms with Crippen LogP contribution in [0.3, 0.4) is 0 Å². The molecule has 0 aromatic carbocycles. The van der Waals surface area contributed by atoms with Crippen LogP contribution in [0.2, 0.25) is 0 Å². The highest BCUT2D eigenvalue weighted by molar-refractivity contribution is 9.10. The summed E-state index contributed by atoms with van der Waals surface area (Å²) < 4.78 is 11.0. The van der Waals surface area contributed by atoms with Crippen LogP contribution >= 0.6 is 15.9 Å². The number of ether oxygens (including phenoxy) is 1. The maximum absolute atomic E-state index is 9.44. The topological polar surface area (TPSA) is 84.8 Å². The molecular formula is C14H13BrN4O2. The second kappa shape index (κ2) is 5.45. The summed E-state index contributed by atoms with van der Waals surface area (Å²) in [5.74, 6) is 1.41. The molecule has 0 unspecified atom stereocenters. The first kappa shape index (κ1) is 14.0. The molecule has 3 rings (SSSR count). The Bertz CT molecular complexity index is 701. The summed E-state index contributed by atoms with van der Waals surface area (Å²) in [6.07, 6.45) is 3.56. The molecule has 1 fully saturated rings. The van der Waals surface area contributed by atoms with Gasteiger partial charge in [-0.25, -0.2) is 4.98 Å². The highest BCUT2D eigenvalue weighted by atomic mass is 79.9. The molecule has 1 aliphatic carbocycles. The molecule has 7 heteroatoms. The van der Waals surface area contributed by atoms with E-state index in [1.165, 1.54) is 0 Å². The molecule has 0 aliphatic heterocycles. The van der Waals surface area contributed by atoms with Crippen molar-refractivity contribution in [3.8, 4) is 23.3 Å². The molecule has 0 spiro atoms. The molecule has 0 radical (unpaired) electrons. The molecule has 1 aliphatic rings. The minimum Gasteiger partial charge on any atom is -0.494 e. The van der Waals surface area contributed by atoms with Gasteiger partial charge in [-0.15, -0.1) is 0 Å². The first-order chi connectivity index (χ1) is 10.2. The van der Waals surface area contributed by atoms with Gasteiger partial charge in [0.05, 0.1) is 13.2 Å². The SMILES string of the molecule is COc1ccc(-c2noc(C3(C#N)CCCC3)n2)nc1Br. The first-order valence-electron chi connectivity index (χ1n) is 6.65. The van der Waals surface area contributed by atoms with Crippen molar-refractivity contribution in [3.63, 3.8) is 0 Å². The van der Waals surface area contributed by atoms with E-state index in [-0.39, 0.29) is 0 Å². The Hall–Kier alpha value is -1.94. The lowest BCUT2D eigenvalue weighted by molar-refractivity contribution is 0.321. The largest absolute Gasteiger partial charge is 0.494 e. The third kappa shape index (κ3) is 2.40. The molecule has 1 saturated carbocycles. The summed E-state index contributed by atoms with van der Waals surface area (Å²) >= 11 is 3.33. The first-order valence-corrected chi connectivity index (χ1v) is 7.44. The Balaban J connectivity index is 1.95. The molecule has 0 amide bonds. The van der Waals surface area contributed by atoms with Gasteiger partial charge < -0.3 is 9.26 Å². The van der Waals surface area contributed by atoms with Crippen LogP contribution in [0.25, 0.3) is 11.5 Å². The van der Waals surface area contributed by atoms with Gasteiger partial charge in [0.2, 0.25) is 11.7 Å². The summed E-state index contributed by atoms with van der Waals surface area (Å²) in [6.45, 7) is 0. The number of pyridine rings is 1. The summed E-state index contributed by atoms with van der Waals surface area (Å²) in [5.41, 5.74) is -0.0571. The van der Waals surface area contributed by atoms with Gasteiger partial charge in [-0.05, 0) is 40.9 Å². The second-order valence-electron chi connectivity index (χ2n) is 5.01. The number of hydrogen-bond acceptors (Lipinski definition) is 6. The smallest absolute Gasteiger partial charge is 0.247 e. The Kier molecular flexibility index (Phi) is 3.64. The van der Waals surface area contributed by atoms with Crippen LogP contribution in [0.5, 0.6) is 5.75 Å². The van der Waals surface area contributed by atoms with E-state index in [4.69, 9.17) is 9.26 Å². The number of halogens is 1. The van der Waals surface area contributed by atoms with Crippen molar-refractivity contribution >= 4 is 15.9 Å². The van der Waals surface area contributed by atoms with E-state index in [1.54, 1.807) is 19.2 Å². The molecule has 2 aromatic rings. The fourth-order valence-corrected chi connectivity index (χ4v) is 3.06. The van der Waals surface area contributed by atoms with Crippen LogP contribution in [0.15, 0.2) is 21.3 Å². The van der Waals surface area contributed by atoms with Crippen molar-refractivity contribution < 1.29 is 9.26 Å². The Morgan fingerprint density at radius 1 is 1.33 bits per heavy atom. The summed E-state index contributed by atoms with van der Waals surface area (Å²) in [6, 6.07) is 5.87. The molecule has 2 heterocycles. The second-order valence-corrected chi connectivity index (χ2v) is 5.76. The maximum Gasteiger partial charge on any atom is 0.247 e. The zero-order valence-corrected chi connectivity index (χ0v) is 13.1. The molecule has 21 heavy (non-hydrogen) atoms. The van der Waals surface area contributed by atoms with Crippen molar-refractivity contribution in [1.29, 1.82) is 5.26 Å². The van der Waals surface area contributed by atoms with Gasteiger partial charge in [-0.3, -0.25) is 0 Å². The maximum atomic E-state index is 9.44. The fraction of sp³-hybridized carbons (Fsp3) is 0.429. The van der Waals surface area contributed by atoms with Gasteiger partial charge >= 0.3 is 0 Å². The van der Waals surface area contributed by atoms with E-state index in [2.05, 4.69) is 37.1 Å². The highest BCUT2D eigenvalue weighted by Gasteiger charge is 2.41. The zero-order valence-electron chi connectivity index (χ0n) is 11.5. The minimum absolute atomic E-state index is 0.384. The zero-order chi connectivity index (χ0) is 14.9. The minimum atomic E-state index is -0.630. The lowest BCUT2D eigenvalue weighted by atomic mass is 9.88. The van der Waals surface area contributed by atoms with Crippen molar-refractivity contribution in [2.45, 2.75) is 31.1 Å². The van der Waals surface area contributed by atoms with Crippen molar-refractivity contribution in [2.75, 3.05) is 7.11 Å². The van der Waals surface area contributed by atoms with E-state index in [0.717, 1.165) is 25.7 Å². The van der Waals surface area contributed by atoms with Gasteiger partial charge in [-0.1, -0.05) is 18.0 Å². The van der Waals surface area contributed by atoms with Crippen molar-refractivity contribution in [1.82, 2.24) is 15.1 Å². The third-order valence-electron chi connectivity index (χ3n) is 3.77. The Morgan fingerprint density at radius 3 is 2.71 bits per heavy atom. The van der Waals surface area contributed by atoms with E-state index in [0.29, 0.717) is 27.8 Å². The van der Waals surface area contributed by atoms with E-state index in [1.807, 2.05) is 0 Å². The molecule has 0 atom stereocenters. The lowest BCUT2D eigenvalue weighted by Crippen LogP contribution is -2.19. The van der Waals surface area contributed by atoms with Gasteiger partial charge in [0.25, 0.3) is 0 Å². The number of methoxy groups -OCH3 is 1. The normalized spacial score (nSPS) is 16.6. The van der Waals surface area contributed by atoms with Crippen molar-refractivity contribution in [2.24, 2.45) is 0 Å². The van der Waals surface area contributed by atoms with Gasteiger partial charge in [0.1, 0.15) is 15.7 Å². The average molecular weight is 349 g/mol. The molecule has 0 saturated heterocycles.